The van der Waals surface area contributed by atoms with Crippen LogP contribution in [-0.2, 0) is 14.9 Å². The van der Waals surface area contributed by atoms with Crippen LogP contribution in [-0.4, -0.2) is 26.8 Å². The molecule has 0 unspecified atom stereocenters. The number of nitrogens with one attached hydrogen (secondary N) is 1. The van der Waals surface area contributed by atoms with Crippen molar-refractivity contribution in [1.82, 2.24) is 4.72 Å². The number of benzene rings is 1. The Labute approximate surface area is 114 Å². The number of rotatable bonds is 4. The van der Waals surface area contributed by atoms with Crippen LogP contribution >= 0.6 is 15.9 Å². The lowest BCUT2D eigenvalue weighted by molar-refractivity contribution is 0.0891. The molecular formula is C11H13BrN2O3S. The molecule has 98 valence electrons. The van der Waals surface area contributed by atoms with Crippen LogP contribution in [0.3, 0.4) is 0 Å². The van der Waals surface area contributed by atoms with E-state index in [1.807, 2.05) is 6.92 Å². The smallest absolute Gasteiger partial charge is 0.240 e. The third kappa shape index (κ3) is 3.30. The molecule has 1 N–H and O–H groups in total. The van der Waals surface area contributed by atoms with Crippen LogP contribution in [0.15, 0.2) is 38.8 Å². The van der Waals surface area contributed by atoms with Crippen molar-refractivity contribution < 1.29 is 13.3 Å². The molecular weight excluding hydrogens is 320 g/mol. The molecule has 0 aliphatic carbocycles. The molecule has 18 heavy (non-hydrogen) atoms. The van der Waals surface area contributed by atoms with E-state index in [0.717, 1.165) is 10.2 Å². The van der Waals surface area contributed by atoms with Gasteiger partial charge in [-0.15, -0.1) is 0 Å². The normalized spacial score (nSPS) is 19.4. The van der Waals surface area contributed by atoms with Gasteiger partial charge < -0.3 is 4.84 Å². The largest absolute Gasteiger partial charge is 0.391 e. The zero-order valence-corrected chi connectivity index (χ0v) is 12.2. The van der Waals surface area contributed by atoms with E-state index in [0.29, 0.717) is 6.42 Å². The van der Waals surface area contributed by atoms with Gasteiger partial charge in [0.15, 0.2) is 0 Å². The van der Waals surface area contributed by atoms with Crippen molar-refractivity contribution in [2.75, 3.05) is 6.54 Å². The average molecular weight is 333 g/mol. The van der Waals surface area contributed by atoms with Crippen LogP contribution in [0.4, 0.5) is 0 Å². The molecule has 7 heteroatoms. The molecule has 2 rings (SSSR count). The quantitative estimate of drug-likeness (QED) is 0.915. The van der Waals surface area contributed by atoms with Crippen molar-refractivity contribution >= 4 is 31.7 Å². The third-order valence-electron chi connectivity index (χ3n) is 2.51. The molecule has 5 nitrogen and oxygen atoms in total. The fourth-order valence-corrected chi connectivity index (χ4v) is 2.91. The van der Waals surface area contributed by atoms with E-state index in [4.69, 9.17) is 4.84 Å². The van der Waals surface area contributed by atoms with Gasteiger partial charge in [0, 0.05) is 10.9 Å². The van der Waals surface area contributed by atoms with Crippen molar-refractivity contribution in [2.24, 2.45) is 5.16 Å². The minimum Gasteiger partial charge on any atom is -0.391 e. The molecule has 1 aromatic carbocycles. The summed E-state index contributed by atoms with van der Waals surface area (Å²) in [4.78, 5) is 5.31. The zero-order valence-electron chi connectivity index (χ0n) is 9.76. The molecule has 1 aliphatic rings. The van der Waals surface area contributed by atoms with E-state index in [1.54, 1.807) is 24.3 Å². The molecule has 1 aromatic rings. The summed E-state index contributed by atoms with van der Waals surface area (Å²) in [6.07, 6.45) is 0.443. The summed E-state index contributed by atoms with van der Waals surface area (Å²) in [5, 5.41) is 3.78. The Morgan fingerprint density at radius 3 is 2.67 bits per heavy atom. The van der Waals surface area contributed by atoms with E-state index in [9.17, 15) is 8.42 Å². The second-order valence-corrected chi connectivity index (χ2v) is 6.75. The summed E-state index contributed by atoms with van der Waals surface area (Å²) in [6.45, 7) is 2.07. The fourth-order valence-electron chi connectivity index (χ4n) is 1.58. The Kier molecular flexibility index (Phi) is 4.04. The van der Waals surface area contributed by atoms with Crippen molar-refractivity contribution in [1.29, 1.82) is 0 Å². The van der Waals surface area contributed by atoms with E-state index in [-0.39, 0.29) is 17.5 Å². The standard InChI is InChI=1S/C11H13BrN2O3S/c1-8-6-10(17-14-8)7-13-18(15,16)11-4-2-9(12)3-5-11/h2-5,10,13H,6-7H2,1H3/t10-/m0/s1. The van der Waals surface area contributed by atoms with Crippen molar-refractivity contribution in [2.45, 2.75) is 24.3 Å². The molecule has 0 spiro atoms. The summed E-state index contributed by atoms with van der Waals surface area (Å²) >= 11 is 3.26. The lowest BCUT2D eigenvalue weighted by Gasteiger charge is -2.10. The van der Waals surface area contributed by atoms with Gasteiger partial charge in [0.2, 0.25) is 10.0 Å². The highest BCUT2D eigenvalue weighted by Crippen LogP contribution is 2.15. The predicted octanol–water partition coefficient (Wildman–Crippen LogP) is 1.89. The minimum absolute atomic E-state index is 0.213. The lowest BCUT2D eigenvalue weighted by Crippen LogP contribution is -2.32. The summed E-state index contributed by atoms with van der Waals surface area (Å²) < 4.78 is 27.3. The molecule has 1 heterocycles. The van der Waals surface area contributed by atoms with Gasteiger partial charge in [0.1, 0.15) is 6.10 Å². The van der Waals surface area contributed by atoms with Gasteiger partial charge in [0.05, 0.1) is 17.2 Å². The molecule has 0 saturated heterocycles. The van der Waals surface area contributed by atoms with Crippen LogP contribution in [0, 0.1) is 0 Å². The van der Waals surface area contributed by atoms with Gasteiger partial charge in [-0.2, -0.15) is 0 Å². The molecule has 1 atom stereocenters. The first-order valence-electron chi connectivity index (χ1n) is 5.42. The molecule has 0 fully saturated rings. The summed E-state index contributed by atoms with van der Waals surface area (Å²) in [7, 11) is -3.48. The minimum atomic E-state index is -3.48. The SMILES string of the molecule is CC1=NO[C@H](CNS(=O)(=O)c2ccc(Br)cc2)C1. The second-order valence-electron chi connectivity index (χ2n) is 4.06. The van der Waals surface area contributed by atoms with E-state index >= 15 is 0 Å². The maximum atomic E-state index is 12.0. The van der Waals surface area contributed by atoms with Crippen LogP contribution in [0.2, 0.25) is 0 Å². The first-order chi connectivity index (χ1) is 8.47. The highest BCUT2D eigenvalue weighted by Gasteiger charge is 2.21. The van der Waals surface area contributed by atoms with Crippen molar-refractivity contribution in [3.05, 3.63) is 28.7 Å². The lowest BCUT2D eigenvalue weighted by atomic mass is 10.2. The number of halogens is 1. The fraction of sp³-hybridized carbons (Fsp3) is 0.364. The third-order valence-corrected chi connectivity index (χ3v) is 4.47. The Bertz CT molecular complexity index is 554. The van der Waals surface area contributed by atoms with Crippen LogP contribution in [0.1, 0.15) is 13.3 Å². The van der Waals surface area contributed by atoms with Gasteiger partial charge in [-0.1, -0.05) is 21.1 Å². The summed E-state index contributed by atoms with van der Waals surface area (Å²) in [5.74, 6) is 0. The highest BCUT2D eigenvalue weighted by atomic mass is 79.9. The summed E-state index contributed by atoms with van der Waals surface area (Å²) in [5.41, 5.74) is 0.878. The Morgan fingerprint density at radius 2 is 2.11 bits per heavy atom. The van der Waals surface area contributed by atoms with Crippen LogP contribution in [0.25, 0.3) is 0 Å². The Hall–Kier alpha value is -0.920. The molecule has 0 aromatic heterocycles. The molecule has 1 aliphatic heterocycles. The van der Waals surface area contributed by atoms with E-state index in [1.165, 1.54) is 0 Å². The first-order valence-corrected chi connectivity index (χ1v) is 7.69. The number of sulfonamides is 1. The Morgan fingerprint density at radius 1 is 1.44 bits per heavy atom. The average Bonchev–Trinajstić information content (AvgIpc) is 2.73. The van der Waals surface area contributed by atoms with Crippen molar-refractivity contribution in [3.8, 4) is 0 Å². The number of nitrogens with zero attached hydrogens (tertiary/aromatic N) is 1. The Balaban J connectivity index is 1.98. The zero-order chi connectivity index (χ0) is 13.2. The maximum absolute atomic E-state index is 12.0. The van der Waals surface area contributed by atoms with E-state index < -0.39 is 10.0 Å². The highest BCUT2D eigenvalue weighted by molar-refractivity contribution is 9.10. The topological polar surface area (TPSA) is 67.8 Å². The monoisotopic (exact) mass is 332 g/mol. The first kappa shape index (κ1) is 13.5. The summed E-state index contributed by atoms with van der Waals surface area (Å²) in [6, 6.07) is 6.47. The molecule has 0 radical (unpaired) electrons. The number of hydrogen-bond acceptors (Lipinski definition) is 4. The van der Waals surface area contributed by atoms with Gasteiger partial charge >= 0.3 is 0 Å². The predicted molar refractivity (Wildman–Crippen MR) is 71.9 cm³/mol. The van der Waals surface area contributed by atoms with Crippen LogP contribution < -0.4 is 4.72 Å². The van der Waals surface area contributed by atoms with Crippen molar-refractivity contribution in [3.63, 3.8) is 0 Å². The van der Waals surface area contributed by atoms with Crippen LogP contribution in [0.5, 0.6) is 0 Å². The van der Waals surface area contributed by atoms with E-state index in [2.05, 4.69) is 25.8 Å². The molecule has 0 amide bonds. The van der Waals surface area contributed by atoms with Gasteiger partial charge in [-0.25, -0.2) is 13.1 Å². The van der Waals surface area contributed by atoms with Gasteiger partial charge in [0.25, 0.3) is 0 Å². The number of oxime groups is 1. The van der Waals surface area contributed by atoms with Gasteiger partial charge in [-0.3, -0.25) is 0 Å². The maximum Gasteiger partial charge on any atom is 0.240 e. The number of hydrogen-bond donors (Lipinski definition) is 1. The van der Waals surface area contributed by atoms with Gasteiger partial charge in [-0.05, 0) is 31.2 Å². The molecule has 0 saturated carbocycles. The molecule has 0 bridgehead atoms. The second kappa shape index (κ2) is 5.38.